The van der Waals surface area contributed by atoms with E-state index < -0.39 is 29.5 Å². The van der Waals surface area contributed by atoms with E-state index in [-0.39, 0.29) is 17.4 Å². The van der Waals surface area contributed by atoms with Gasteiger partial charge in [-0.15, -0.1) is 10.2 Å². The lowest BCUT2D eigenvalue weighted by atomic mass is 9.80. The van der Waals surface area contributed by atoms with Crippen molar-refractivity contribution in [1.29, 1.82) is 0 Å². The number of piperidine rings is 1. The highest BCUT2D eigenvalue weighted by molar-refractivity contribution is 5.51. The molecule has 1 fully saturated rings. The topological polar surface area (TPSA) is 80.0 Å². The summed E-state index contributed by atoms with van der Waals surface area (Å²) in [6.07, 6.45) is 0.934. The maximum Gasteiger partial charge on any atom is 0.314 e. The molecular weight excluding hydrogens is 404 g/mol. The molecule has 1 aliphatic heterocycles. The summed E-state index contributed by atoms with van der Waals surface area (Å²) in [5.41, 5.74) is -0.215. The van der Waals surface area contributed by atoms with Crippen molar-refractivity contribution in [2.75, 3.05) is 25.5 Å². The quantitative estimate of drug-likeness (QED) is 0.627. The highest BCUT2D eigenvalue weighted by Crippen LogP contribution is 2.37. The van der Waals surface area contributed by atoms with Crippen molar-refractivity contribution in [2.45, 2.75) is 24.8 Å². The van der Waals surface area contributed by atoms with Gasteiger partial charge >= 0.3 is 6.43 Å². The summed E-state index contributed by atoms with van der Waals surface area (Å²) in [4.78, 5) is 10.5. The molecule has 1 N–H and O–H groups in total. The Morgan fingerprint density at radius 3 is 2.40 bits per heavy atom. The first-order valence-electron chi connectivity index (χ1n) is 9.22. The number of halogens is 4. The van der Waals surface area contributed by atoms with Gasteiger partial charge in [-0.05, 0) is 26.0 Å². The van der Waals surface area contributed by atoms with Crippen LogP contribution >= 0.6 is 0 Å². The Labute approximate surface area is 169 Å². The molecule has 1 aromatic carbocycles. The molecule has 1 aliphatic rings. The normalized spacial score (nSPS) is 16.7. The van der Waals surface area contributed by atoms with Gasteiger partial charge in [-0.25, -0.2) is 18.7 Å². The molecule has 0 unspecified atom stereocenters. The van der Waals surface area contributed by atoms with E-state index in [1.165, 1.54) is 24.5 Å². The smallest absolute Gasteiger partial charge is 0.314 e. The average molecular weight is 422 g/mol. The molecule has 3 aromatic rings. The first kappa shape index (κ1) is 20.2. The van der Waals surface area contributed by atoms with Gasteiger partial charge in [0.15, 0.2) is 0 Å². The summed E-state index contributed by atoms with van der Waals surface area (Å²) < 4.78 is 58.1. The fourth-order valence-electron chi connectivity index (χ4n) is 3.50. The zero-order valence-electron chi connectivity index (χ0n) is 15.9. The molecule has 11 heteroatoms. The maximum absolute atomic E-state index is 14.6. The van der Waals surface area contributed by atoms with Crippen LogP contribution in [0.4, 0.5) is 23.5 Å². The van der Waals surface area contributed by atoms with Gasteiger partial charge in [0.05, 0.1) is 11.1 Å². The van der Waals surface area contributed by atoms with Crippen molar-refractivity contribution in [3.05, 3.63) is 53.7 Å². The van der Waals surface area contributed by atoms with E-state index in [0.717, 1.165) is 6.07 Å². The summed E-state index contributed by atoms with van der Waals surface area (Å²) in [6.45, 7) is 1.39. The van der Waals surface area contributed by atoms with Gasteiger partial charge in [0.25, 0.3) is 11.8 Å². The molecule has 0 amide bonds. The number of hydrogen-bond donors (Lipinski definition) is 1. The van der Waals surface area contributed by atoms with Gasteiger partial charge in [-0.2, -0.15) is 8.78 Å². The second-order valence-corrected chi connectivity index (χ2v) is 7.18. The highest BCUT2D eigenvalue weighted by Gasteiger charge is 2.38. The molecule has 0 spiro atoms. The first-order chi connectivity index (χ1) is 14.4. The van der Waals surface area contributed by atoms with E-state index in [9.17, 15) is 17.6 Å². The van der Waals surface area contributed by atoms with Crippen LogP contribution in [0.1, 0.15) is 30.7 Å². The molecule has 0 bridgehead atoms. The van der Waals surface area contributed by atoms with Crippen LogP contribution in [-0.4, -0.2) is 45.2 Å². The van der Waals surface area contributed by atoms with Gasteiger partial charge < -0.3 is 14.6 Å². The molecule has 0 aliphatic carbocycles. The van der Waals surface area contributed by atoms with Gasteiger partial charge in [-0.3, -0.25) is 0 Å². The minimum atomic E-state index is -2.87. The van der Waals surface area contributed by atoms with Crippen LogP contribution in [0.5, 0.6) is 0 Å². The summed E-state index contributed by atoms with van der Waals surface area (Å²) in [5.74, 6) is -2.00. The van der Waals surface area contributed by atoms with Crippen LogP contribution in [0, 0.1) is 11.6 Å². The lowest BCUT2D eigenvalue weighted by Crippen LogP contribution is -2.46. The number of anilines is 1. The number of alkyl halides is 2. The lowest BCUT2D eigenvalue weighted by Gasteiger charge is -2.41. The molecule has 0 saturated carbocycles. The number of hydrogen-bond acceptors (Lipinski definition) is 7. The number of likely N-dealkylation sites (tertiary alicyclic amines) is 1. The number of aromatic nitrogens is 4. The lowest BCUT2D eigenvalue weighted by molar-refractivity contribution is 0.116. The predicted octanol–water partition coefficient (Wildman–Crippen LogP) is 3.78. The zero-order valence-corrected chi connectivity index (χ0v) is 15.9. The van der Waals surface area contributed by atoms with Crippen molar-refractivity contribution >= 4 is 5.95 Å². The molecule has 2 aromatic heterocycles. The van der Waals surface area contributed by atoms with Crippen molar-refractivity contribution in [3.8, 4) is 11.5 Å². The first-order valence-corrected chi connectivity index (χ1v) is 9.22. The van der Waals surface area contributed by atoms with Crippen LogP contribution in [-0.2, 0) is 5.54 Å². The summed E-state index contributed by atoms with van der Waals surface area (Å²) in [7, 11) is 1.97. The second kappa shape index (κ2) is 7.98. The van der Waals surface area contributed by atoms with Crippen LogP contribution in [0.3, 0.4) is 0 Å². The third kappa shape index (κ3) is 3.97. The molecule has 7 nitrogen and oxygen atoms in total. The monoisotopic (exact) mass is 422 g/mol. The van der Waals surface area contributed by atoms with Crippen molar-refractivity contribution in [1.82, 2.24) is 25.1 Å². The Balaban J connectivity index is 1.61. The predicted molar refractivity (Wildman–Crippen MR) is 98.7 cm³/mol. The Kier molecular flexibility index (Phi) is 5.37. The molecule has 0 radical (unpaired) electrons. The highest BCUT2D eigenvalue weighted by atomic mass is 19.3. The van der Waals surface area contributed by atoms with Gasteiger partial charge in [0.1, 0.15) is 11.6 Å². The van der Waals surface area contributed by atoms with E-state index in [2.05, 4.69) is 30.4 Å². The number of benzene rings is 1. The fourth-order valence-corrected chi connectivity index (χ4v) is 3.50. The summed E-state index contributed by atoms with van der Waals surface area (Å²) in [5, 5.41) is 10.0. The molecular formula is C19H18F4N6O. The van der Waals surface area contributed by atoms with Crippen LogP contribution in [0.15, 0.2) is 35.0 Å². The summed E-state index contributed by atoms with van der Waals surface area (Å²) in [6, 6.07) is 3.51. The number of rotatable bonds is 5. The Bertz CT molecular complexity index is 1020. The second-order valence-electron chi connectivity index (χ2n) is 7.18. The van der Waals surface area contributed by atoms with Gasteiger partial charge in [-0.1, -0.05) is 6.07 Å². The Morgan fingerprint density at radius 2 is 1.80 bits per heavy atom. The zero-order chi connectivity index (χ0) is 21.3. The van der Waals surface area contributed by atoms with E-state index in [0.29, 0.717) is 31.5 Å². The van der Waals surface area contributed by atoms with Crippen LogP contribution in [0.25, 0.3) is 11.5 Å². The summed E-state index contributed by atoms with van der Waals surface area (Å²) >= 11 is 0. The molecule has 0 atom stereocenters. The third-order valence-corrected chi connectivity index (χ3v) is 5.16. The minimum absolute atomic E-state index is 0.129. The third-order valence-electron chi connectivity index (χ3n) is 5.16. The molecule has 3 heterocycles. The van der Waals surface area contributed by atoms with E-state index >= 15 is 0 Å². The molecule has 158 valence electrons. The van der Waals surface area contributed by atoms with Crippen molar-refractivity contribution in [3.63, 3.8) is 0 Å². The van der Waals surface area contributed by atoms with Gasteiger partial charge in [0, 0.05) is 37.1 Å². The van der Waals surface area contributed by atoms with Crippen molar-refractivity contribution < 1.29 is 22.0 Å². The minimum Gasteiger partial charge on any atom is -0.415 e. The standard InChI is InChI=1S/C19H18F4N6O/c1-29-6-4-19(5-7-29,13-3-2-12(20)8-14(13)21)26-18-24-9-11(10-25-18)16-27-28-17(30-16)15(22)23/h2-3,8-10,15H,4-7H2,1H3,(H,24,25,26). The Morgan fingerprint density at radius 1 is 1.10 bits per heavy atom. The van der Waals surface area contributed by atoms with E-state index in [4.69, 9.17) is 4.42 Å². The van der Waals surface area contributed by atoms with Crippen LogP contribution < -0.4 is 5.32 Å². The van der Waals surface area contributed by atoms with E-state index in [1.54, 1.807) is 0 Å². The average Bonchev–Trinajstić information content (AvgIpc) is 3.21. The van der Waals surface area contributed by atoms with Crippen molar-refractivity contribution in [2.24, 2.45) is 0 Å². The molecule has 1 saturated heterocycles. The molecule has 30 heavy (non-hydrogen) atoms. The molecule has 4 rings (SSSR count). The van der Waals surface area contributed by atoms with Crippen LogP contribution in [0.2, 0.25) is 0 Å². The van der Waals surface area contributed by atoms with E-state index in [1.807, 2.05) is 7.05 Å². The number of nitrogens with one attached hydrogen (secondary N) is 1. The number of nitrogens with zero attached hydrogens (tertiary/aromatic N) is 5. The SMILES string of the molecule is CN1CCC(Nc2ncc(-c3nnc(C(F)F)o3)cn2)(c2ccc(F)cc2F)CC1. The Hall–Kier alpha value is -3.08. The maximum atomic E-state index is 14.6. The van der Waals surface area contributed by atoms with Gasteiger partial charge in [0.2, 0.25) is 5.95 Å². The fraction of sp³-hybridized carbons (Fsp3) is 0.368. The largest absolute Gasteiger partial charge is 0.415 e.